The van der Waals surface area contributed by atoms with Crippen LogP contribution in [0.25, 0.3) is 11.0 Å². The minimum Gasteiger partial charge on any atom is -0.506 e. The maximum atomic E-state index is 13.7. The molecule has 0 saturated carbocycles. The van der Waals surface area contributed by atoms with Gasteiger partial charge in [-0.25, -0.2) is 22.9 Å². The predicted molar refractivity (Wildman–Crippen MR) is 164 cm³/mol. The number of sulfonamides is 1. The Hall–Kier alpha value is -4.49. The van der Waals surface area contributed by atoms with Crippen molar-refractivity contribution in [2.24, 2.45) is 7.05 Å². The van der Waals surface area contributed by atoms with E-state index in [2.05, 4.69) is 20.0 Å². The van der Waals surface area contributed by atoms with Gasteiger partial charge in [-0.15, -0.1) is 0 Å². The molecule has 3 heterocycles. The number of phenolic OH excluding ortho intramolecular Hbond substituents is 1. The Morgan fingerprint density at radius 2 is 1.86 bits per heavy atom. The van der Waals surface area contributed by atoms with E-state index in [-0.39, 0.29) is 35.5 Å². The molecule has 0 radical (unpaired) electrons. The third-order valence-electron chi connectivity index (χ3n) is 7.18. The number of nitrogens with zero attached hydrogens (tertiary/aromatic N) is 4. The fraction of sp³-hybridized carbons (Fsp3) is 0.333. The fourth-order valence-corrected chi connectivity index (χ4v) is 5.93. The van der Waals surface area contributed by atoms with Crippen LogP contribution in [0, 0.1) is 0 Å². The highest BCUT2D eigenvalue weighted by molar-refractivity contribution is 7.88. The van der Waals surface area contributed by atoms with Gasteiger partial charge in [-0.3, -0.25) is 14.3 Å². The first kappa shape index (κ1) is 30.0. The Labute approximate surface area is 249 Å². The molecule has 0 fully saturated rings. The van der Waals surface area contributed by atoms with Crippen LogP contribution in [0.2, 0.25) is 0 Å². The van der Waals surface area contributed by atoms with Crippen molar-refractivity contribution in [3.63, 3.8) is 0 Å². The number of phenols is 1. The highest BCUT2D eigenvalue weighted by Gasteiger charge is 2.35. The van der Waals surface area contributed by atoms with Gasteiger partial charge in [-0.05, 0) is 69.6 Å². The first-order chi connectivity index (χ1) is 20.3. The van der Waals surface area contributed by atoms with Gasteiger partial charge in [0.1, 0.15) is 17.0 Å². The van der Waals surface area contributed by atoms with Crippen molar-refractivity contribution < 1.29 is 23.1 Å². The van der Waals surface area contributed by atoms with Gasteiger partial charge in [0.2, 0.25) is 16.0 Å². The van der Waals surface area contributed by atoms with Crippen LogP contribution in [0.15, 0.2) is 59.5 Å². The normalized spacial score (nSPS) is 15.3. The molecule has 0 saturated heterocycles. The molecule has 2 aromatic heterocycles. The Bertz CT molecular complexity index is 1870. The van der Waals surface area contributed by atoms with E-state index in [4.69, 9.17) is 4.74 Å². The van der Waals surface area contributed by atoms with Crippen LogP contribution in [0.1, 0.15) is 49.8 Å². The van der Waals surface area contributed by atoms with Gasteiger partial charge in [0, 0.05) is 42.3 Å². The van der Waals surface area contributed by atoms with Gasteiger partial charge >= 0.3 is 6.09 Å². The lowest BCUT2D eigenvalue weighted by atomic mass is 9.84. The lowest BCUT2D eigenvalue weighted by Gasteiger charge is -2.35. The number of pyridine rings is 1. The number of nitrogens with one attached hydrogen (secondary N) is 2. The average Bonchev–Trinajstić information content (AvgIpc) is 2.95. The van der Waals surface area contributed by atoms with E-state index in [9.17, 15) is 23.1 Å². The number of benzene rings is 2. The summed E-state index contributed by atoms with van der Waals surface area (Å²) in [6, 6.07) is 13.6. The third kappa shape index (κ3) is 6.32. The average molecular weight is 607 g/mol. The molecule has 1 aliphatic heterocycles. The van der Waals surface area contributed by atoms with Gasteiger partial charge in [0.05, 0.1) is 11.4 Å². The Morgan fingerprint density at radius 1 is 1.14 bits per heavy atom. The maximum absolute atomic E-state index is 13.7. The molecular weight excluding hydrogens is 572 g/mol. The van der Waals surface area contributed by atoms with E-state index in [1.807, 2.05) is 6.07 Å². The van der Waals surface area contributed by atoms with Crippen LogP contribution in [-0.2, 0) is 27.6 Å². The Kier molecular flexibility index (Phi) is 7.88. The van der Waals surface area contributed by atoms with Crippen LogP contribution in [-0.4, -0.2) is 53.3 Å². The summed E-state index contributed by atoms with van der Waals surface area (Å²) in [7, 11) is -0.371. The number of carbonyl (C=O) groups excluding carboxylic acids is 1. The third-order valence-corrected chi connectivity index (χ3v) is 8.51. The zero-order chi connectivity index (χ0) is 31.1. The zero-order valence-corrected chi connectivity index (χ0v) is 25.4. The summed E-state index contributed by atoms with van der Waals surface area (Å²) < 4.78 is 33.0. The molecule has 0 bridgehead atoms. The van der Waals surface area contributed by atoms with Crippen LogP contribution in [0.4, 0.5) is 22.1 Å². The minimum absolute atomic E-state index is 0.0681. The van der Waals surface area contributed by atoms with E-state index in [1.165, 1.54) is 22.6 Å². The zero-order valence-electron chi connectivity index (χ0n) is 24.6. The van der Waals surface area contributed by atoms with Gasteiger partial charge in [0.15, 0.2) is 0 Å². The molecule has 2 aromatic carbocycles. The number of rotatable bonds is 6. The number of amides is 1. The quantitative estimate of drug-likeness (QED) is 0.294. The van der Waals surface area contributed by atoms with E-state index in [1.54, 1.807) is 70.4 Å². The molecule has 12 nitrogen and oxygen atoms in total. The number of ether oxygens (including phenoxy) is 1. The van der Waals surface area contributed by atoms with Crippen molar-refractivity contribution in [1.82, 2.24) is 19.3 Å². The molecule has 4 aromatic rings. The molecule has 226 valence electrons. The standard InChI is InChI=1S/C30H34N6O6S/c1-30(2,3)42-29(39)36-14-13-21(22-7-6-8-24(37)25(22)36)23-15-19-16-32-28(34-26(19)35(5)27(23)38)33-20-11-9-18(10-12-20)17-43(40,41)31-4/h6-12,15-16,21,31,37H,13-14,17H2,1-5H3,(H,32,33,34). The van der Waals surface area contributed by atoms with Gasteiger partial charge < -0.3 is 15.2 Å². The highest BCUT2D eigenvalue weighted by atomic mass is 32.2. The summed E-state index contributed by atoms with van der Waals surface area (Å²) in [5.41, 5.74) is 2.23. The van der Waals surface area contributed by atoms with Crippen molar-refractivity contribution in [3.05, 3.63) is 81.8 Å². The highest BCUT2D eigenvalue weighted by Crippen LogP contribution is 2.44. The summed E-state index contributed by atoms with van der Waals surface area (Å²) in [6.45, 7) is 5.59. The van der Waals surface area contributed by atoms with Crippen LogP contribution < -0.4 is 20.5 Å². The largest absolute Gasteiger partial charge is 0.506 e. The number of carbonyl (C=O) groups is 1. The second-order valence-corrected chi connectivity index (χ2v) is 13.3. The molecule has 0 aliphatic carbocycles. The molecule has 3 N–H and O–H groups in total. The molecular formula is C30H34N6O6S. The van der Waals surface area contributed by atoms with Crippen LogP contribution >= 0.6 is 0 Å². The summed E-state index contributed by atoms with van der Waals surface area (Å²) in [6.07, 6.45) is 1.51. The van der Waals surface area contributed by atoms with Crippen LogP contribution in [0.3, 0.4) is 0 Å². The minimum atomic E-state index is -3.38. The first-order valence-electron chi connectivity index (χ1n) is 13.7. The van der Waals surface area contributed by atoms with Crippen LogP contribution in [0.5, 0.6) is 5.75 Å². The fourth-order valence-electron chi connectivity index (χ4n) is 5.16. The van der Waals surface area contributed by atoms with Crippen molar-refractivity contribution in [2.45, 2.75) is 44.5 Å². The summed E-state index contributed by atoms with van der Waals surface area (Å²) in [5, 5.41) is 14.5. The molecule has 1 atom stereocenters. The second kappa shape index (κ2) is 11.3. The van der Waals surface area contributed by atoms with E-state index in [0.717, 1.165) is 0 Å². The SMILES string of the molecule is CNS(=O)(=O)Cc1ccc(Nc2ncc3cc(C4CCN(C(=O)OC(C)(C)C)c5c(O)cccc54)c(=O)n(C)c3n2)cc1. The topological polar surface area (TPSA) is 156 Å². The number of hydrogen-bond acceptors (Lipinski definition) is 9. The van der Waals surface area contributed by atoms with Gasteiger partial charge in [0.25, 0.3) is 5.56 Å². The Balaban J connectivity index is 1.45. The van der Waals surface area contributed by atoms with E-state index >= 15 is 0 Å². The molecule has 13 heteroatoms. The number of aromatic nitrogens is 3. The molecule has 0 spiro atoms. The maximum Gasteiger partial charge on any atom is 0.414 e. The predicted octanol–water partition coefficient (Wildman–Crippen LogP) is 4.10. The lowest BCUT2D eigenvalue weighted by Crippen LogP contribution is -2.41. The molecule has 1 amide bonds. The summed E-state index contributed by atoms with van der Waals surface area (Å²) >= 11 is 0. The number of para-hydroxylation sites is 1. The molecule has 1 unspecified atom stereocenters. The number of fused-ring (bicyclic) bond motifs is 2. The number of aryl methyl sites for hydroxylation is 1. The summed E-state index contributed by atoms with van der Waals surface area (Å²) in [5.74, 6) is -0.315. The number of anilines is 3. The molecule has 1 aliphatic rings. The van der Waals surface area contributed by atoms with Crippen molar-refractivity contribution >= 4 is 44.5 Å². The van der Waals surface area contributed by atoms with Gasteiger partial charge in [-0.1, -0.05) is 24.3 Å². The molecule has 5 rings (SSSR count). The van der Waals surface area contributed by atoms with Crippen molar-refractivity contribution in [2.75, 3.05) is 23.8 Å². The van der Waals surface area contributed by atoms with E-state index in [0.29, 0.717) is 45.5 Å². The smallest absolute Gasteiger partial charge is 0.414 e. The monoisotopic (exact) mass is 606 g/mol. The van der Waals surface area contributed by atoms with Crippen molar-refractivity contribution in [1.29, 1.82) is 0 Å². The second-order valence-electron chi connectivity index (χ2n) is 11.4. The van der Waals surface area contributed by atoms with Crippen molar-refractivity contribution in [3.8, 4) is 5.75 Å². The molecule has 43 heavy (non-hydrogen) atoms. The van der Waals surface area contributed by atoms with E-state index < -0.39 is 21.7 Å². The summed E-state index contributed by atoms with van der Waals surface area (Å²) in [4.78, 5) is 37.1. The number of aromatic hydroxyl groups is 1. The number of hydrogen-bond donors (Lipinski definition) is 3. The first-order valence-corrected chi connectivity index (χ1v) is 15.4. The van der Waals surface area contributed by atoms with Gasteiger partial charge in [-0.2, -0.15) is 4.98 Å². The lowest BCUT2D eigenvalue weighted by molar-refractivity contribution is 0.0576. The Morgan fingerprint density at radius 3 is 2.53 bits per heavy atom.